The second-order valence-electron chi connectivity index (χ2n) is 6.32. The van der Waals surface area contributed by atoms with Crippen molar-refractivity contribution >= 4 is 22.9 Å². The fraction of sp³-hybridized carbons (Fsp3) is 0.444. The van der Waals surface area contributed by atoms with Crippen molar-refractivity contribution in [1.82, 2.24) is 10.3 Å². The minimum absolute atomic E-state index is 0.114. The average molecular weight is 329 g/mol. The lowest BCUT2D eigenvalue weighted by Gasteiger charge is -2.22. The molecule has 2 heterocycles. The largest absolute Gasteiger partial charge is 0.310 e. The number of nitrogens with zero attached hydrogens (tertiary/aromatic N) is 2. The van der Waals surface area contributed by atoms with Gasteiger partial charge in [-0.1, -0.05) is 17.7 Å². The summed E-state index contributed by atoms with van der Waals surface area (Å²) in [6.45, 7) is 9.69. The predicted octanol–water partition coefficient (Wildman–Crippen LogP) is 3.27. The van der Waals surface area contributed by atoms with Crippen LogP contribution in [0.4, 0.5) is 5.69 Å². The SMILES string of the molecule is Cc1cc(C)c(N2CCC(NCc3csc(C)n3)C2=O)c(C)c1. The first-order chi connectivity index (χ1) is 11.0. The standard InChI is InChI=1S/C18H23N3OS/c1-11-7-12(2)17(13(3)8-11)21-6-5-16(18(21)22)19-9-15-10-23-14(4)20-15/h7-8,10,16,19H,5-6,9H2,1-4H3. The molecule has 3 rings (SSSR count). The Morgan fingerprint density at radius 3 is 2.57 bits per heavy atom. The van der Waals surface area contributed by atoms with E-state index in [4.69, 9.17) is 0 Å². The Labute approximate surface area is 141 Å². The lowest BCUT2D eigenvalue weighted by molar-refractivity contribution is -0.118. The normalized spacial score (nSPS) is 18.0. The molecule has 1 atom stereocenters. The Kier molecular flexibility index (Phi) is 4.50. The van der Waals surface area contributed by atoms with Crippen molar-refractivity contribution in [2.75, 3.05) is 11.4 Å². The van der Waals surface area contributed by atoms with Gasteiger partial charge in [-0.05, 0) is 45.2 Å². The van der Waals surface area contributed by atoms with Gasteiger partial charge in [0.25, 0.3) is 0 Å². The third-order valence-corrected chi connectivity index (χ3v) is 5.13. The summed E-state index contributed by atoms with van der Waals surface area (Å²) in [7, 11) is 0. The third kappa shape index (κ3) is 3.31. The van der Waals surface area contributed by atoms with Crippen molar-refractivity contribution in [1.29, 1.82) is 0 Å². The summed E-state index contributed by atoms with van der Waals surface area (Å²) in [5, 5.41) is 6.48. The number of hydrogen-bond acceptors (Lipinski definition) is 4. The predicted molar refractivity (Wildman–Crippen MR) is 95.1 cm³/mol. The monoisotopic (exact) mass is 329 g/mol. The van der Waals surface area contributed by atoms with Gasteiger partial charge in [-0.3, -0.25) is 4.79 Å². The zero-order chi connectivity index (χ0) is 16.6. The molecule has 122 valence electrons. The van der Waals surface area contributed by atoms with Crippen molar-refractivity contribution in [3.63, 3.8) is 0 Å². The zero-order valence-corrected chi connectivity index (χ0v) is 15.0. The van der Waals surface area contributed by atoms with E-state index in [1.165, 1.54) is 16.7 Å². The molecular weight excluding hydrogens is 306 g/mol. The van der Waals surface area contributed by atoms with E-state index < -0.39 is 0 Å². The van der Waals surface area contributed by atoms with Crippen molar-refractivity contribution in [3.05, 3.63) is 44.9 Å². The van der Waals surface area contributed by atoms with Crippen LogP contribution >= 0.6 is 11.3 Å². The molecule has 0 spiro atoms. The molecular formula is C18H23N3OS. The van der Waals surface area contributed by atoms with E-state index in [2.05, 4.69) is 43.2 Å². The molecule has 0 radical (unpaired) electrons. The van der Waals surface area contributed by atoms with Crippen LogP contribution in [0.25, 0.3) is 0 Å². The number of benzene rings is 1. The van der Waals surface area contributed by atoms with Crippen molar-refractivity contribution in [2.24, 2.45) is 0 Å². The van der Waals surface area contributed by atoms with Crippen LogP contribution in [0.2, 0.25) is 0 Å². The summed E-state index contributed by atoms with van der Waals surface area (Å²) in [6, 6.07) is 4.18. The first kappa shape index (κ1) is 16.1. The molecule has 23 heavy (non-hydrogen) atoms. The highest BCUT2D eigenvalue weighted by molar-refractivity contribution is 7.09. The molecule has 5 heteroatoms. The summed E-state index contributed by atoms with van der Waals surface area (Å²) in [5.74, 6) is 0.173. The number of amides is 1. The van der Waals surface area contributed by atoms with Gasteiger partial charge >= 0.3 is 0 Å². The van der Waals surface area contributed by atoms with Crippen LogP contribution < -0.4 is 10.2 Å². The molecule has 0 bridgehead atoms. The lowest BCUT2D eigenvalue weighted by Crippen LogP contribution is -2.38. The van der Waals surface area contributed by atoms with Gasteiger partial charge in [-0.25, -0.2) is 4.98 Å². The number of aryl methyl sites for hydroxylation is 4. The highest BCUT2D eigenvalue weighted by Gasteiger charge is 2.33. The van der Waals surface area contributed by atoms with Gasteiger partial charge in [0.1, 0.15) is 0 Å². The number of hydrogen-bond donors (Lipinski definition) is 1. The molecule has 1 N–H and O–H groups in total. The summed E-state index contributed by atoms with van der Waals surface area (Å²) in [5.41, 5.74) is 5.68. The Morgan fingerprint density at radius 1 is 1.26 bits per heavy atom. The Morgan fingerprint density at radius 2 is 1.96 bits per heavy atom. The topological polar surface area (TPSA) is 45.2 Å². The molecule has 1 aliphatic heterocycles. The highest BCUT2D eigenvalue weighted by atomic mass is 32.1. The van der Waals surface area contributed by atoms with Gasteiger partial charge in [0.15, 0.2) is 0 Å². The van der Waals surface area contributed by atoms with Gasteiger partial charge in [0.05, 0.1) is 16.7 Å². The maximum atomic E-state index is 12.8. The maximum absolute atomic E-state index is 12.8. The second-order valence-corrected chi connectivity index (χ2v) is 7.38. The smallest absolute Gasteiger partial charge is 0.244 e. The zero-order valence-electron chi connectivity index (χ0n) is 14.1. The van der Waals surface area contributed by atoms with Crippen LogP contribution in [-0.2, 0) is 11.3 Å². The van der Waals surface area contributed by atoms with Crippen LogP contribution in [0.3, 0.4) is 0 Å². The average Bonchev–Trinajstić information content (AvgIpc) is 3.03. The van der Waals surface area contributed by atoms with Crippen LogP contribution in [0.1, 0.15) is 33.8 Å². The molecule has 1 aromatic heterocycles. The number of carbonyl (C=O) groups is 1. The van der Waals surface area contributed by atoms with E-state index in [1.54, 1.807) is 11.3 Å². The van der Waals surface area contributed by atoms with Gasteiger partial charge in [0, 0.05) is 24.2 Å². The first-order valence-electron chi connectivity index (χ1n) is 7.99. The number of aromatic nitrogens is 1. The Hall–Kier alpha value is -1.72. The van der Waals surface area contributed by atoms with Crippen molar-refractivity contribution in [2.45, 2.75) is 46.7 Å². The van der Waals surface area contributed by atoms with E-state index in [-0.39, 0.29) is 11.9 Å². The number of rotatable bonds is 4. The summed E-state index contributed by atoms with van der Waals surface area (Å²) in [4.78, 5) is 19.1. The highest BCUT2D eigenvalue weighted by Crippen LogP contribution is 2.30. The van der Waals surface area contributed by atoms with Crippen LogP contribution in [0, 0.1) is 27.7 Å². The molecule has 1 fully saturated rings. The fourth-order valence-corrected chi connectivity index (χ4v) is 4.02. The molecule has 1 unspecified atom stereocenters. The molecule has 0 saturated carbocycles. The van der Waals surface area contributed by atoms with Crippen molar-refractivity contribution < 1.29 is 4.79 Å². The molecule has 1 amide bonds. The third-order valence-electron chi connectivity index (χ3n) is 4.31. The van der Waals surface area contributed by atoms with Gasteiger partial charge in [-0.2, -0.15) is 0 Å². The Balaban J connectivity index is 1.72. The number of anilines is 1. The number of carbonyl (C=O) groups excluding carboxylic acids is 1. The first-order valence-corrected chi connectivity index (χ1v) is 8.87. The minimum Gasteiger partial charge on any atom is -0.310 e. The molecule has 0 aliphatic carbocycles. The van der Waals surface area contributed by atoms with Crippen LogP contribution in [0.15, 0.2) is 17.5 Å². The van der Waals surface area contributed by atoms with Crippen LogP contribution in [0.5, 0.6) is 0 Å². The molecule has 1 saturated heterocycles. The van der Waals surface area contributed by atoms with E-state index >= 15 is 0 Å². The van der Waals surface area contributed by atoms with E-state index in [9.17, 15) is 4.79 Å². The van der Waals surface area contributed by atoms with Crippen LogP contribution in [-0.4, -0.2) is 23.5 Å². The van der Waals surface area contributed by atoms with E-state index in [0.29, 0.717) is 6.54 Å². The van der Waals surface area contributed by atoms with E-state index in [0.717, 1.165) is 29.4 Å². The molecule has 4 nitrogen and oxygen atoms in total. The second kappa shape index (κ2) is 6.42. The lowest BCUT2D eigenvalue weighted by atomic mass is 10.0. The summed E-state index contributed by atoms with van der Waals surface area (Å²) < 4.78 is 0. The van der Waals surface area contributed by atoms with E-state index in [1.807, 2.05) is 17.2 Å². The minimum atomic E-state index is -0.114. The van der Waals surface area contributed by atoms with Gasteiger partial charge in [-0.15, -0.1) is 11.3 Å². The molecule has 2 aromatic rings. The summed E-state index contributed by atoms with van der Waals surface area (Å²) in [6.07, 6.45) is 0.842. The van der Waals surface area contributed by atoms with Crippen molar-refractivity contribution in [3.8, 4) is 0 Å². The Bertz CT molecular complexity index is 715. The van der Waals surface area contributed by atoms with Gasteiger partial charge in [0.2, 0.25) is 5.91 Å². The number of nitrogens with one attached hydrogen (secondary N) is 1. The quantitative estimate of drug-likeness (QED) is 0.936. The molecule has 1 aromatic carbocycles. The fourth-order valence-electron chi connectivity index (χ4n) is 3.41. The molecule has 1 aliphatic rings. The van der Waals surface area contributed by atoms with Gasteiger partial charge < -0.3 is 10.2 Å². The number of thiazole rings is 1. The summed E-state index contributed by atoms with van der Waals surface area (Å²) >= 11 is 1.64. The maximum Gasteiger partial charge on any atom is 0.244 e.